The molecule has 0 radical (unpaired) electrons. The molecule has 0 N–H and O–H groups in total. The molecule has 0 aliphatic heterocycles. The molecule has 0 spiro atoms. The van der Waals surface area contributed by atoms with Crippen molar-refractivity contribution in [3.05, 3.63) is 35.9 Å². The lowest BCUT2D eigenvalue weighted by Gasteiger charge is -2.17. The van der Waals surface area contributed by atoms with E-state index in [0.717, 1.165) is 24.8 Å². The number of benzene rings is 1. The van der Waals surface area contributed by atoms with Gasteiger partial charge >= 0.3 is 0 Å². The van der Waals surface area contributed by atoms with Crippen LogP contribution in [0.1, 0.15) is 68.1 Å². The van der Waals surface area contributed by atoms with E-state index in [1.807, 2.05) is 30.3 Å². The van der Waals surface area contributed by atoms with Gasteiger partial charge in [-0.25, -0.2) is 0 Å². The van der Waals surface area contributed by atoms with Crippen molar-refractivity contribution in [3.63, 3.8) is 0 Å². The number of ketones is 2. The summed E-state index contributed by atoms with van der Waals surface area (Å²) in [5.41, 5.74) is 0.775. The van der Waals surface area contributed by atoms with Crippen molar-refractivity contribution < 1.29 is 9.59 Å². The van der Waals surface area contributed by atoms with Gasteiger partial charge in [0.2, 0.25) is 0 Å². The van der Waals surface area contributed by atoms with Gasteiger partial charge in [0.1, 0.15) is 5.78 Å². The molecular weight excluding hydrogens is 248 g/mol. The molecule has 20 heavy (non-hydrogen) atoms. The van der Waals surface area contributed by atoms with Gasteiger partial charge in [-0.2, -0.15) is 0 Å². The smallest absolute Gasteiger partial charge is 0.163 e. The van der Waals surface area contributed by atoms with Gasteiger partial charge in [-0.15, -0.1) is 0 Å². The van der Waals surface area contributed by atoms with Crippen LogP contribution >= 0.6 is 0 Å². The third kappa shape index (κ3) is 4.92. The number of Topliss-reactive ketones (excluding diaryl/α,β-unsaturated/α-hetero) is 2. The minimum atomic E-state index is 0.181. The van der Waals surface area contributed by atoms with E-state index in [-0.39, 0.29) is 11.7 Å². The third-order valence-electron chi connectivity index (χ3n) is 4.15. The molecule has 1 atom stereocenters. The molecule has 0 aromatic heterocycles. The van der Waals surface area contributed by atoms with Crippen molar-refractivity contribution in [2.24, 2.45) is 5.92 Å². The second kappa shape index (κ2) is 7.98. The van der Waals surface area contributed by atoms with Gasteiger partial charge in [-0.05, 0) is 18.8 Å². The van der Waals surface area contributed by atoms with Crippen LogP contribution < -0.4 is 0 Å². The Morgan fingerprint density at radius 3 is 2.50 bits per heavy atom. The molecule has 0 heterocycles. The van der Waals surface area contributed by atoms with Crippen molar-refractivity contribution in [3.8, 4) is 0 Å². The van der Waals surface area contributed by atoms with Crippen LogP contribution in [0.25, 0.3) is 0 Å². The Bertz CT molecular complexity index is 436. The number of hydrogen-bond donors (Lipinski definition) is 0. The van der Waals surface area contributed by atoms with E-state index < -0.39 is 0 Å². The van der Waals surface area contributed by atoms with Crippen LogP contribution in [0.5, 0.6) is 0 Å². The topological polar surface area (TPSA) is 34.1 Å². The Morgan fingerprint density at radius 1 is 1.00 bits per heavy atom. The summed E-state index contributed by atoms with van der Waals surface area (Å²) in [6, 6.07) is 9.44. The molecule has 0 amide bonds. The van der Waals surface area contributed by atoms with E-state index in [4.69, 9.17) is 0 Å². The Kier molecular flexibility index (Phi) is 5.97. The predicted molar refractivity (Wildman–Crippen MR) is 80.8 cm³/mol. The highest BCUT2D eigenvalue weighted by Crippen LogP contribution is 2.23. The highest BCUT2D eigenvalue weighted by molar-refractivity contribution is 5.96. The van der Waals surface area contributed by atoms with E-state index in [0.29, 0.717) is 25.0 Å². The van der Waals surface area contributed by atoms with Gasteiger partial charge in [-0.1, -0.05) is 56.0 Å². The monoisotopic (exact) mass is 272 g/mol. The quantitative estimate of drug-likeness (QED) is 0.755. The maximum Gasteiger partial charge on any atom is 0.163 e. The summed E-state index contributed by atoms with van der Waals surface area (Å²) in [4.78, 5) is 24.2. The van der Waals surface area contributed by atoms with Gasteiger partial charge in [0.25, 0.3) is 0 Å². The summed E-state index contributed by atoms with van der Waals surface area (Å²) >= 11 is 0. The average molecular weight is 272 g/mol. The summed E-state index contributed by atoms with van der Waals surface area (Å²) in [5.74, 6) is 0.770. The molecule has 0 saturated heterocycles. The third-order valence-corrected chi connectivity index (χ3v) is 4.15. The summed E-state index contributed by atoms with van der Waals surface area (Å²) in [6.07, 6.45) is 8.67. The maximum atomic E-state index is 12.3. The lowest BCUT2D eigenvalue weighted by molar-refractivity contribution is -0.120. The summed E-state index contributed by atoms with van der Waals surface area (Å²) in [5, 5.41) is 0. The Labute approximate surface area is 121 Å². The van der Waals surface area contributed by atoms with Crippen LogP contribution in [-0.2, 0) is 4.79 Å². The summed E-state index contributed by atoms with van der Waals surface area (Å²) < 4.78 is 0. The largest absolute Gasteiger partial charge is 0.300 e. The Hall–Kier alpha value is -1.44. The number of rotatable bonds is 3. The first-order valence-corrected chi connectivity index (χ1v) is 7.85. The molecule has 1 aliphatic rings. The van der Waals surface area contributed by atoms with E-state index in [9.17, 15) is 9.59 Å². The number of carbonyl (C=O) groups is 2. The first kappa shape index (κ1) is 15.0. The van der Waals surface area contributed by atoms with Gasteiger partial charge in [0.15, 0.2) is 5.78 Å². The van der Waals surface area contributed by atoms with Crippen molar-refractivity contribution in [1.29, 1.82) is 0 Å². The summed E-state index contributed by atoms with van der Waals surface area (Å²) in [7, 11) is 0. The normalized spacial score (nSPS) is 21.4. The van der Waals surface area contributed by atoms with Crippen LogP contribution in [-0.4, -0.2) is 11.6 Å². The van der Waals surface area contributed by atoms with Gasteiger partial charge < -0.3 is 0 Å². The Balaban J connectivity index is 1.94. The fourth-order valence-corrected chi connectivity index (χ4v) is 2.99. The van der Waals surface area contributed by atoms with Gasteiger partial charge in [0.05, 0.1) is 0 Å². The molecular formula is C18H24O2. The van der Waals surface area contributed by atoms with Crippen LogP contribution in [0, 0.1) is 5.92 Å². The SMILES string of the molecule is O=C1CCCCCCCC(CC(=O)c2ccccc2)C1. The molecule has 1 aromatic rings. The van der Waals surface area contributed by atoms with E-state index in [1.54, 1.807) is 0 Å². The van der Waals surface area contributed by atoms with E-state index in [2.05, 4.69) is 0 Å². The lowest BCUT2D eigenvalue weighted by atomic mass is 9.87. The minimum absolute atomic E-state index is 0.181. The minimum Gasteiger partial charge on any atom is -0.300 e. The molecule has 2 nitrogen and oxygen atoms in total. The maximum absolute atomic E-state index is 12.3. The highest BCUT2D eigenvalue weighted by atomic mass is 16.1. The van der Waals surface area contributed by atoms with Crippen LogP contribution in [0.3, 0.4) is 0 Å². The molecule has 0 bridgehead atoms. The zero-order valence-corrected chi connectivity index (χ0v) is 12.1. The van der Waals surface area contributed by atoms with Crippen LogP contribution in [0.2, 0.25) is 0 Å². The van der Waals surface area contributed by atoms with Crippen molar-refractivity contribution >= 4 is 11.6 Å². The fourth-order valence-electron chi connectivity index (χ4n) is 2.99. The molecule has 108 valence electrons. The fraction of sp³-hybridized carbons (Fsp3) is 0.556. The van der Waals surface area contributed by atoms with E-state index in [1.165, 1.54) is 19.3 Å². The van der Waals surface area contributed by atoms with E-state index >= 15 is 0 Å². The zero-order chi connectivity index (χ0) is 14.2. The van der Waals surface area contributed by atoms with Crippen molar-refractivity contribution in [1.82, 2.24) is 0 Å². The molecule has 1 aromatic carbocycles. The van der Waals surface area contributed by atoms with Gasteiger partial charge in [-0.3, -0.25) is 9.59 Å². The second-order valence-corrected chi connectivity index (χ2v) is 5.91. The van der Waals surface area contributed by atoms with Crippen molar-refractivity contribution in [2.45, 2.75) is 57.8 Å². The second-order valence-electron chi connectivity index (χ2n) is 5.91. The Morgan fingerprint density at radius 2 is 1.70 bits per heavy atom. The number of hydrogen-bond acceptors (Lipinski definition) is 2. The first-order chi connectivity index (χ1) is 9.75. The highest BCUT2D eigenvalue weighted by Gasteiger charge is 2.19. The number of carbonyl (C=O) groups excluding carboxylic acids is 2. The molecule has 1 fully saturated rings. The molecule has 2 rings (SSSR count). The molecule has 1 unspecified atom stereocenters. The van der Waals surface area contributed by atoms with Crippen LogP contribution in [0.15, 0.2) is 30.3 Å². The summed E-state index contributed by atoms with van der Waals surface area (Å²) in [6.45, 7) is 0. The lowest BCUT2D eigenvalue weighted by Crippen LogP contribution is -2.14. The molecule has 2 heteroatoms. The zero-order valence-electron chi connectivity index (χ0n) is 12.1. The molecule has 1 aliphatic carbocycles. The van der Waals surface area contributed by atoms with Gasteiger partial charge in [0, 0.05) is 24.8 Å². The average Bonchev–Trinajstić information content (AvgIpc) is 2.47. The predicted octanol–water partition coefficient (Wildman–Crippen LogP) is 4.58. The molecule has 1 saturated carbocycles. The standard InChI is InChI=1S/C18H24O2/c19-17-12-8-3-1-2-5-9-15(13-17)14-18(20)16-10-6-4-7-11-16/h4,6-7,10-11,15H,1-3,5,8-9,12-14H2. The first-order valence-electron chi connectivity index (χ1n) is 7.85. The van der Waals surface area contributed by atoms with Crippen molar-refractivity contribution in [2.75, 3.05) is 0 Å². The van der Waals surface area contributed by atoms with Crippen LogP contribution in [0.4, 0.5) is 0 Å².